The number of likely N-dealkylation sites (tertiary alicyclic amines) is 1. The van der Waals surface area contributed by atoms with Crippen molar-refractivity contribution in [1.29, 1.82) is 0 Å². The van der Waals surface area contributed by atoms with Gasteiger partial charge in [0.2, 0.25) is 0 Å². The third-order valence-corrected chi connectivity index (χ3v) is 4.29. The van der Waals surface area contributed by atoms with Crippen LogP contribution in [0.1, 0.15) is 32.6 Å². The van der Waals surface area contributed by atoms with Crippen molar-refractivity contribution >= 4 is 5.91 Å². The highest BCUT2D eigenvalue weighted by Crippen LogP contribution is 2.27. The smallest absolute Gasteiger partial charge is 0.252 e. The van der Waals surface area contributed by atoms with Gasteiger partial charge in [-0.25, -0.2) is 0 Å². The highest BCUT2D eigenvalue weighted by Gasteiger charge is 2.37. The molecule has 0 aromatic carbocycles. The Morgan fingerprint density at radius 2 is 2.06 bits per heavy atom. The predicted molar refractivity (Wildman–Crippen MR) is 69.9 cm³/mol. The molecule has 2 rings (SSSR count). The second-order valence-corrected chi connectivity index (χ2v) is 5.51. The van der Waals surface area contributed by atoms with Gasteiger partial charge in [0.15, 0.2) is 0 Å². The minimum absolute atomic E-state index is 0.0532. The molecule has 0 aromatic rings. The van der Waals surface area contributed by atoms with Crippen LogP contribution in [0.25, 0.3) is 0 Å². The first kappa shape index (κ1) is 13.8. The van der Waals surface area contributed by atoms with Gasteiger partial charge in [0.05, 0.1) is 6.10 Å². The minimum Gasteiger partial charge on any atom is -0.364 e. The van der Waals surface area contributed by atoms with Gasteiger partial charge in [-0.15, -0.1) is 0 Å². The topological polar surface area (TPSA) is 81.6 Å². The molecular formula is C13H25N3O2. The summed E-state index contributed by atoms with van der Waals surface area (Å²) in [5.74, 6) is 0.604. The van der Waals surface area contributed by atoms with Gasteiger partial charge < -0.3 is 21.1 Å². The number of ether oxygens (including phenoxy) is 1. The number of rotatable bonds is 3. The van der Waals surface area contributed by atoms with Crippen LogP contribution in [-0.4, -0.2) is 48.7 Å². The van der Waals surface area contributed by atoms with Gasteiger partial charge in [0.1, 0.15) is 6.10 Å². The fraction of sp³-hybridized carbons (Fsp3) is 0.923. The summed E-state index contributed by atoms with van der Waals surface area (Å²) in [5.41, 5.74) is 11.4. The summed E-state index contributed by atoms with van der Waals surface area (Å²) < 4.78 is 5.70. The number of hydrogen-bond donors (Lipinski definition) is 2. The van der Waals surface area contributed by atoms with E-state index in [-0.39, 0.29) is 24.2 Å². The van der Waals surface area contributed by atoms with Crippen molar-refractivity contribution in [2.45, 2.75) is 50.9 Å². The molecule has 4 N–H and O–H groups in total. The van der Waals surface area contributed by atoms with Gasteiger partial charge >= 0.3 is 0 Å². The Balaban J connectivity index is 1.99. The van der Waals surface area contributed by atoms with Crippen molar-refractivity contribution in [1.82, 2.24) is 4.90 Å². The number of amides is 1. The molecule has 0 aromatic heterocycles. The quantitative estimate of drug-likeness (QED) is 0.748. The van der Waals surface area contributed by atoms with Crippen molar-refractivity contribution < 1.29 is 9.53 Å². The van der Waals surface area contributed by atoms with Crippen molar-refractivity contribution in [3.8, 4) is 0 Å². The van der Waals surface area contributed by atoms with Gasteiger partial charge in [0, 0.05) is 25.7 Å². The Morgan fingerprint density at radius 3 is 2.67 bits per heavy atom. The molecule has 0 bridgehead atoms. The summed E-state index contributed by atoms with van der Waals surface area (Å²) in [5, 5.41) is 0. The molecule has 2 heterocycles. The predicted octanol–water partition coefficient (Wildman–Crippen LogP) is 0.0785. The van der Waals surface area contributed by atoms with E-state index < -0.39 is 0 Å². The zero-order chi connectivity index (χ0) is 13.1. The molecule has 2 aliphatic heterocycles. The van der Waals surface area contributed by atoms with Gasteiger partial charge in [-0.1, -0.05) is 6.92 Å². The molecule has 0 saturated carbocycles. The number of carbonyl (C=O) groups excluding carboxylic acids is 1. The van der Waals surface area contributed by atoms with Crippen LogP contribution in [-0.2, 0) is 9.53 Å². The Labute approximate surface area is 109 Å². The number of hydrogen-bond acceptors (Lipinski definition) is 4. The molecule has 2 saturated heterocycles. The van der Waals surface area contributed by atoms with Crippen LogP contribution in [0.5, 0.6) is 0 Å². The van der Waals surface area contributed by atoms with E-state index in [1.54, 1.807) is 0 Å². The van der Waals surface area contributed by atoms with Crippen molar-refractivity contribution in [2.24, 2.45) is 17.4 Å². The maximum Gasteiger partial charge on any atom is 0.252 e. The highest BCUT2D eigenvalue weighted by atomic mass is 16.5. The van der Waals surface area contributed by atoms with E-state index in [2.05, 4.69) is 6.92 Å². The molecule has 0 aliphatic carbocycles. The average molecular weight is 255 g/mol. The molecule has 2 aliphatic rings. The standard InChI is InChI=1S/C13H25N3O2/c1-9-3-2-6-16(11(9)8-15)13(17)12-5-4-10(7-14)18-12/h9-12H,2-8,14-15H2,1H3/t9?,10-,11?,12+/m1/s1. The number of nitrogens with two attached hydrogens (primary N) is 2. The Hall–Kier alpha value is -0.650. The van der Waals surface area contributed by atoms with Crippen molar-refractivity contribution in [2.75, 3.05) is 19.6 Å². The van der Waals surface area contributed by atoms with Gasteiger partial charge in [-0.3, -0.25) is 4.79 Å². The van der Waals surface area contributed by atoms with Crippen LogP contribution in [0.2, 0.25) is 0 Å². The first-order chi connectivity index (χ1) is 8.67. The maximum absolute atomic E-state index is 12.5. The molecule has 2 unspecified atom stereocenters. The molecule has 1 amide bonds. The number of piperidine rings is 1. The second-order valence-electron chi connectivity index (χ2n) is 5.51. The van der Waals surface area contributed by atoms with Crippen LogP contribution >= 0.6 is 0 Å². The fourth-order valence-corrected chi connectivity index (χ4v) is 3.13. The third kappa shape index (κ3) is 2.68. The largest absolute Gasteiger partial charge is 0.364 e. The monoisotopic (exact) mass is 255 g/mol. The molecule has 2 fully saturated rings. The normalized spacial score (nSPS) is 36.9. The summed E-state index contributed by atoms with van der Waals surface area (Å²) in [6, 6.07) is 0.173. The molecule has 5 heteroatoms. The van der Waals surface area contributed by atoms with E-state index in [0.717, 1.165) is 32.2 Å². The summed E-state index contributed by atoms with van der Waals surface area (Å²) >= 11 is 0. The van der Waals surface area contributed by atoms with E-state index in [4.69, 9.17) is 16.2 Å². The molecular weight excluding hydrogens is 230 g/mol. The first-order valence-electron chi connectivity index (χ1n) is 7.03. The number of carbonyl (C=O) groups is 1. The molecule has 0 radical (unpaired) electrons. The second kappa shape index (κ2) is 5.99. The summed E-state index contributed by atoms with van der Waals surface area (Å²) in [6.45, 7) is 4.04. The van der Waals surface area contributed by atoms with Crippen LogP contribution in [0.3, 0.4) is 0 Å². The van der Waals surface area contributed by atoms with Crippen LogP contribution in [0.4, 0.5) is 0 Å². The van der Waals surface area contributed by atoms with Crippen LogP contribution in [0.15, 0.2) is 0 Å². The minimum atomic E-state index is -0.294. The van der Waals surface area contributed by atoms with Gasteiger partial charge in [0.25, 0.3) is 5.91 Å². The Kier molecular flexibility index (Phi) is 4.59. The van der Waals surface area contributed by atoms with Crippen LogP contribution in [0, 0.1) is 5.92 Å². The van der Waals surface area contributed by atoms with E-state index >= 15 is 0 Å². The zero-order valence-electron chi connectivity index (χ0n) is 11.2. The molecule has 18 heavy (non-hydrogen) atoms. The Bertz CT molecular complexity index is 298. The summed E-state index contributed by atoms with van der Waals surface area (Å²) in [6.07, 6.45) is 3.67. The summed E-state index contributed by atoms with van der Waals surface area (Å²) in [4.78, 5) is 14.4. The third-order valence-electron chi connectivity index (χ3n) is 4.29. The molecule has 0 spiro atoms. The van der Waals surface area contributed by atoms with E-state index in [0.29, 0.717) is 19.0 Å². The van der Waals surface area contributed by atoms with Crippen molar-refractivity contribution in [3.05, 3.63) is 0 Å². The lowest BCUT2D eigenvalue weighted by Gasteiger charge is -2.40. The summed E-state index contributed by atoms with van der Waals surface area (Å²) in [7, 11) is 0. The zero-order valence-corrected chi connectivity index (χ0v) is 11.2. The fourth-order valence-electron chi connectivity index (χ4n) is 3.13. The van der Waals surface area contributed by atoms with Gasteiger partial charge in [-0.2, -0.15) is 0 Å². The lowest BCUT2D eigenvalue weighted by Crippen LogP contribution is -2.54. The maximum atomic E-state index is 12.5. The molecule has 104 valence electrons. The number of nitrogens with zero attached hydrogens (tertiary/aromatic N) is 1. The van der Waals surface area contributed by atoms with E-state index in [9.17, 15) is 4.79 Å². The Morgan fingerprint density at radius 1 is 1.28 bits per heavy atom. The molecule has 5 nitrogen and oxygen atoms in total. The van der Waals surface area contributed by atoms with Crippen molar-refractivity contribution in [3.63, 3.8) is 0 Å². The van der Waals surface area contributed by atoms with Crippen LogP contribution < -0.4 is 11.5 Å². The SMILES string of the molecule is CC1CCCN(C(=O)[C@@H]2CC[C@H](CN)O2)C1CN. The van der Waals surface area contributed by atoms with E-state index in [1.165, 1.54) is 0 Å². The first-order valence-corrected chi connectivity index (χ1v) is 7.03. The average Bonchev–Trinajstić information content (AvgIpc) is 2.86. The lowest BCUT2D eigenvalue weighted by atomic mass is 9.90. The van der Waals surface area contributed by atoms with E-state index in [1.807, 2.05) is 4.90 Å². The van der Waals surface area contributed by atoms with Gasteiger partial charge in [-0.05, 0) is 31.6 Å². The molecule has 4 atom stereocenters. The highest BCUT2D eigenvalue weighted by molar-refractivity contribution is 5.81. The lowest BCUT2D eigenvalue weighted by molar-refractivity contribution is -0.147.